The Labute approximate surface area is 137 Å². The van der Waals surface area contributed by atoms with E-state index in [0.29, 0.717) is 28.8 Å². The normalized spacial score (nSPS) is 15.2. The molecule has 2 rings (SSSR count). The average Bonchev–Trinajstić information content (AvgIpc) is 2.43. The van der Waals surface area contributed by atoms with Crippen LogP contribution in [0.4, 0.5) is 5.69 Å². The van der Waals surface area contributed by atoms with E-state index in [2.05, 4.69) is 10.6 Å². The van der Waals surface area contributed by atoms with Gasteiger partial charge in [-0.15, -0.1) is 12.4 Å². The number of halogens is 2. The second kappa shape index (κ2) is 8.47. The van der Waals surface area contributed by atoms with Crippen LogP contribution in [0.15, 0.2) is 12.1 Å². The van der Waals surface area contributed by atoms with Crippen LogP contribution in [0.3, 0.4) is 0 Å². The van der Waals surface area contributed by atoms with Gasteiger partial charge in [-0.25, -0.2) is 0 Å². The SMILES string of the molecule is COc1cc(Cl)c(C)cc1NC(=O)CC1CCNCC1.Cl. The van der Waals surface area contributed by atoms with Crippen molar-refractivity contribution < 1.29 is 9.53 Å². The molecule has 0 atom stereocenters. The van der Waals surface area contributed by atoms with Crippen LogP contribution in [-0.2, 0) is 4.79 Å². The lowest BCUT2D eigenvalue weighted by molar-refractivity contribution is -0.117. The summed E-state index contributed by atoms with van der Waals surface area (Å²) in [6.45, 7) is 3.91. The first-order valence-corrected chi connectivity index (χ1v) is 7.32. The number of rotatable bonds is 4. The van der Waals surface area contributed by atoms with Gasteiger partial charge in [0.15, 0.2) is 0 Å². The summed E-state index contributed by atoms with van der Waals surface area (Å²) in [5, 5.41) is 6.87. The molecule has 0 saturated carbocycles. The smallest absolute Gasteiger partial charge is 0.224 e. The summed E-state index contributed by atoms with van der Waals surface area (Å²) < 4.78 is 5.26. The lowest BCUT2D eigenvalue weighted by Crippen LogP contribution is -2.30. The Balaban J connectivity index is 0.00000220. The molecule has 1 heterocycles. The predicted octanol–water partition coefficient (Wildman–Crippen LogP) is 3.41. The summed E-state index contributed by atoms with van der Waals surface area (Å²) in [6, 6.07) is 3.58. The minimum atomic E-state index is 0. The van der Waals surface area contributed by atoms with Crippen LogP contribution in [0.5, 0.6) is 5.75 Å². The van der Waals surface area contributed by atoms with Crippen molar-refractivity contribution in [1.29, 1.82) is 0 Å². The number of hydrogen-bond donors (Lipinski definition) is 2. The van der Waals surface area contributed by atoms with E-state index < -0.39 is 0 Å². The van der Waals surface area contributed by atoms with Crippen molar-refractivity contribution in [3.05, 3.63) is 22.7 Å². The second-order valence-electron chi connectivity index (χ2n) is 5.25. The zero-order chi connectivity index (χ0) is 14.5. The molecule has 2 N–H and O–H groups in total. The number of carbonyl (C=O) groups excluding carboxylic acids is 1. The summed E-state index contributed by atoms with van der Waals surface area (Å²) in [5.41, 5.74) is 1.61. The molecule has 0 spiro atoms. The van der Waals surface area contributed by atoms with Crippen molar-refractivity contribution in [1.82, 2.24) is 5.32 Å². The number of carbonyl (C=O) groups is 1. The number of methoxy groups -OCH3 is 1. The minimum absolute atomic E-state index is 0. The molecular weight excluding hydrogens is 311 g/mol. The molecule has 0 aliphatic carbocycles. The summed E-state index contributed by atoms with van der Waals surface area (Å²) in [5.74, 6) is 1.10. The fourth-order valence-electron chi connectivity index (χ4n) is 2.48. The van der Waals surface area contributed by atoms with Crippen molar-refractivity contribution in [3.63, 3.8) is 0 Å². The van der Waals surface area contributed by atoms with E-state index in [1.807, 2.05) is 13.0 Å². The number of aryl methyl sites for hydroxylation is 1. The number of ether oxygens (including phenoxy) is 1. The highest BCUT2D eigenvalue weighted by Gasteiger charge is 2.18. The molecule has 0 unspecified atom stereocenters. The van der Waals surface area contributed by atoms with Gasteiger partial charge in [-0.2, -0.15) is 0 Å². The lowest BCUT2D eigenvalue weighted by Gasteiger charge is -2.22. The number of amides is 1. The van der Waals surface area contributed by atoms with E-state index >= 15 is 0 Å². The van der Waals surface area contributed by atoms with Crippen LogP contribution in [0.1, 0.15) is 24.8 Å². The van der Waals surface area contributed by atoms with Crippen LogP contribution in [0.2, 0.25) is 5.02 Å². The lowest BCUT2D eigenvalue weighted by atomic mass is 9.94. The third-order valence-corrected chi connectivity index (χ3v) is 4.09. The maximum Gasteiger partial charge on any atom is 0.224 e. The molecular formula is C15H22Cl2N2O2. The monoisotopic (exact) mass is 332 g/mol. The van der Waals surface area contributed by atoms with Gasteiger partial charge in [-0.1, -0.05) is 11.6 Å². The van der Waals surface area contributed by atoms with Gasteiger partial charge in [-0.3, -0.25) is 4.79 Å². The molecule has 1 fully saturated rings. The van der Waals surface area contributed by atoms with E-state index in [1.54, 1.807) is 13.2 Å². The molecule has 1 aromatic carbocycles. The Morgan fingerprint density at radius 1 is 1.43 bits per heavy atom. The fraction of sp³-hybridized carbons (Fsp3) is 0.533. The van der Waals surface area contributed by atoms with Gasteiger partial charge in [0.05, 0.1) is 12.8 Å². The van der Waals surface area contributed by atoms with Gasteiger partial charge in [-0.05, 0) is 50.4 Å². The van der Waals surface area contributed by atoms with E-state index in [-0.39, 0.29) is 18.3 Å². The van der Waals surface area contributed by atoms with Crippen molar-refractivity contribution in [3.8, 4) is 5.75 Å². The van der Waals surface area contributed by atoms with Crippen LogP contribution in [0.25, 0.3) is 0 Å². The van der Waals surface area contributed by atoms with Crippen LogP contribution < -0.4 is 15.4 Å². The molecule has 0 aromatic heterocycles. The first kappa shape index (κ1) is 18.1. The Bertz CT molecular complexity index is 489. The van der Waals surface area contributed by atoms with Gasteiger partial charge in [0.1, 0.15) is 5.75 Å². The van der Waals surface area contributed by atoms with E-state index in [0.717, 1.165) is 31.5 Å². The topological polar surface area (TPSA) is 50.4 Å². The van der Waals surface area contributed by atoms with Gasteiger partial charge in [0, 0.05) is 17.5 Å². The number of piperidine rings is 1. The Morgan fingerprint density at radius 2 is 2.10 bits per heavy atom. The highest BCUT2D eigenvalue weighted by Crippen LogP contribution is 2.31. The Morgan fingerprint density at radius 3 is 2.71 bits per heavy atom. The first-order valence-electron chi connectivity index (χ1n) is 6.95. The Kier molecular flexibility index (Phi) is 7.29. The number of nitrogens with one attached hydrogen (secondary N) is 2. The third kappa shape index (κ3) is 5.06. The van der Waals surface area contributed by atoms with Gasteiger partial charge in [0.2, 0.25) is 5.91 Å². The van der Waals surface area contributed by atoms with Crippen molar-refractivity contribution in [2.75, 3.05) is 25.5 Å². The van der Waals surface area contributed by atoms with E-state index in [1.165, 1.54) is 0 Å². The number of hydrogen-bond acceptors (Lipinski definition) is 3. The third-order valence-electron chi connectivity index (χ3n) is 3.69. The maximum absolute atomic E-state index is 12.1. The summed E-state index contributed by atoms with van der Waals surface area (Å²) in [7, 11) is 1.57. The second-order valence-corrected chi connectivity index (χ2v) is 5.65. The van der Waals surface area contributed by atoms with Crippen LogP contribution >= 0.6 is 24.0 Å². The summed E-state index contributed by atoms with van der Waals surface area (Å²) >= 11 is 6.06. The molecule has 0 radical (unpaired) electrons. The standard InChI is InChI=1S/C15H21ClN2O2.ClH/c1-10-7-13(14(20-2)9-12(10)16)18-15(19)8-11-3-5-17-6-4-11;/h7,9,11,17H,3-6,8H2,1-2H3,(H,18,19);1H. The average molecular weight is 333 g/mol. The molecule has 1 aliphatic heterocycles. The maximum atomic E-state index is 12.1. The Hall–Kier alpha value is -0.970. The van der Waals surface area contributed by atoms with E-state index in [4.69, 9.17) is 16.3 Å². The fourth-order valence-corrected chi connectivity index (χ4v) is 2.63. The van der Waals surface area contributed by atoms with Crippen molar-refractivity contribution in [2.45, 2.75) is 26.2 Å². The minimum Gasteiger partial charge on any atom is -0.495 e. The van der Waals surface area contributed by atoms with Gasteiger partial charge >= 0.3 is 0 Å². The van der Waals surface area contributed by atoms with Gasteiger partial charge in [0.25, 0.3) is 0 Å². The molecule has 118 valence electrons. The molecule has 0 bridgehead atoms. The van der Waals surface area contributed by atoms with Crippen molar-refractivity contribution in [2.24, 2.45) is 5.92 Å². The molecule has 21 heavy (non-hydrogen) atoms. The highest BCUT2D eigenvalue weighted by atomic mass is 35.5. The predicted molar refractivity (Wildman–Crippen MR) is 88.8 cm³/mol. The molecule has 4 nitrogen and oxygen atoms in total. The van der Waals surface area contributed by atoms with Crippen LogP contribution in [-0.4, -0.2) is 26.1 Å². The summed E-state index contributed by atoms with van der Waals surface area (Å²) in [6.07, 6.45) is 2.68. The molecule has 6 heteroatoms. The quantitative estimate of drug-likeness (QED) is 0.888. The molecule has 1 aromatic rings. The van der Waals surface area contributed by atoms with Gasteiger partial charge < -0.3 is 15.4 Å². The van der Waals surface area contributed by atoms with Crippen molar-refractivity contribution >= 4 is 35.6 Å². The molecule has 1 saturated heterocycles. The molecule has 1 aliphatic rings. The largest absolute Gasteiger partial charge is 0.495 e. The molecule has 1 amide bonds. The highest BCUT2D eigenvalue weighted by molar-refractivity contribution is 6.31. The van der Waals surface area contributed by atoms with E-state index in [9.17, 15) is 4.79 Å². The zero-order valence-corrected chi connectivity index (χ0v) is 13.9. The zero-order valence-electron chi connectivity index (χ0n) is 12.4. The van der Waals surface area contributed by atoms with Crippen LogP contribution in [0, 0.1) is 12.8 Å². The summed E-state index contributed by atoms with van der Waals surface area (Å²) in [4.78, 5) is 12.1. The number of benzene rings is 1. The number of anilines is 1. The first-order chi connectivity index (χ1) is 9.60.